The van der Waals surface area contributed by atoms with Crippen molar-refractivity contribution in [3.63, 3.8) is 0 Å². The predicted molar refractivity (Wildman–Crippen MR) is 51.2 cm³/mol. The quantitative estimate of drug-likeness (QED) is 0.594. The Labute approximate surface area is 90.5 Å². The molecule has 0 aromatic carbocycles. The molecule has 1 heterocycles. The summed E-state index contributed by atoms with van der Waals surface area (Å²) in [6.45, 7) is 1.83. The van der Waals surface area contributed by atoms with Crippen LogP contribution >= 0.6 is 11.6 Å². The summed E-state index contributed by atoms with van der Waals surface area (Å²) in [5.74, 6) is -0.892. The van der Waals surface area contributed by atoms with Gasteiger partial charge in [0.15, 0.2) is 11.6 Å². The first-order valence-electron chi connectivity index (χ1n) is 4.40. The Hall–Kier alpha value is -1.10. The largest absolute Gasteiger partial charge is 0.297 e. The first kappa shape index (κ1) is 12.0. The Morgan fingerprint density at radius 2 is 2.27 bits per heavy atom. The minimum atomic E-state index is -2.78. The molecule has 0 saturated carbocycles. The molecule has 0 fully saturated rings. The highest BCUT2D eigenvalue weighted by atomic mass is 35.5. The van der Waals surface area contributed by atoms with Crippen molar-refractivity contribution in [1.29, 1.82) is 0 Å². The van der Waals surface area contributed by atoms with Crippen LogP contribution in [0.25, 0.3) is 0 Å². The second kappa shape index (κ2) is 5.11. The van der Waals surface area contributed by atoms with Gasteiger partial charge < -0.3 is 0 Å². The fraction of sp³-hybridized carbons (Fsp3) is 0.444. The van der Waals surface area contributed by atoms with E-state index in [0.29, 0.717) is 12.8 Å². The van der Waals surface area contributed by atoms with E-state index < -0.39 is 12.2 Å². The van der Waals surface area contributed by atoms with Crippen LogP contribution in [-0.2, 0) is 0 Å². The fourth-order valence-corrected chi connectivity index (χ4v) is 1.27. The molecule has 0 saturated heterocycles. The third-order valence-electron chi connectivity index (χ3n) is 1.73. The molecule has 1 aromatic rings. The normalized spacial score (nSPS) is 10.7. The third kappa shape index (κ3) is 2.92. The number of hydrogen-bond acceptors (Lipinski definition) is 3. The van der Waals surface area contributed by atoms with Crippen molar-refractivity contribution in [1.82, 2.24) is 9.97 Å². The monoisotopic (exact) mass is 234 g/mol. The third-order valence-corrected chi connectivity index (χ3v) is 2.02. The average molecular weight is 235 g/mol. The van der Waals surface area contributed by atoms with Crippen LogP contribution in [-0.4, -0.2) is 15.8 Å². The van der Waals surface area contributed by atoms with Gasteiger partial charge in [0.05, 0.1) is 5.56 Å². The SMILES string of the molecule is CCCC(=O)c1cnc(C(F)F)nc1Cl. The van der Waals surface area contributed by atoms with Crippen LogP contribution in [0.2, 0.25) is 5.15 Å². The van der Waals surface area contributed by atoms with Crippen molar-refractivity contribution in [2.45, 2.75) is 26.2 Å². The van der Waals surface area contributed by atoms with Crippen LogP contribution in [0.3, 0.4) is 0 Å². The van der Waals surface area contributed by atoms with Crippen LogP contribution in [0.15, 0.2) is 6.20 Å². The molecular weight excluding hydrogens is 226 g/mol. The van der Waals surface area contributed by atoms with Gasteiger partial charge in [-0.3, -0.25) is 4.79 Å². The van der Waals surface area contributed by atoms with Crippen LogP contribution < -0.4 is 0 Å². The molecule has 0 N–H and O–H groups in total. The Morgan fingerprint density at radius 3 is 2.73 bits per heavy atom. The highest BCUT2D eigenvalue weighted by Gasteiger charge is 2.16. The summed E-state index contributed by atoms with van der Waals surface area (Å²) >= 11 is 5.60. The van der Waals surface area contributed by atoms with Gasteiger partial charge in [-0.25, -0.2) is 18.7 Å². The van der Waals surface area contributed by atoms with Crippen LogP contribution in [0.1, 0.15) is 42.4 Å². The molecular formula is C9H9ClF2N2O. The average Bonchev–Trinajstić information content (AvgIpc) is 2.17. The summed E-state index contributed by atoms with van der Waals surface area (Å²) < 4.78 is 24.3. The lowest BCUT2D eigenvalue weighted by Gasteiger charge is -2.03. The number of halogens is 3. The number of nitrogens with zero attached hydrogens (tertiary/aromatic N) is 2. The number of Topliss-reactive ketones (excluding diaryl/α,β-unsaturated/α-hetero) is 1. The predicted octanol–water partition coefficient (Wildman–Crippen LogP) is 3.05. The van der Waals surface area contributed by atoms with Gasteiger partial charge in [0, 0.05) is 12.6 Å². The summed E-state index contributed by atoms with van der Waals surface area (Å²) in [5, 5.41) is -0.209. The van der Waals surface area contributed by atoms with E-state index in [0.717, 1.165) is 6.20 Å². The first-order chi connectivity index (χ1) is 7.06. The molecule has 1 aromatic heterocycles. The minimum absolute atomic E-state index is 0.0999. The van der Waals surface area contributed by atoms with Gasteiger partial charge in [0.1, 0.15) is 5.15 Å². The lowest BCUT2D eigenvalue weighted by Crippen LogP contribution is -2.05. The van der Waals surface area contributed by atoms with Gasteiger partial charge in [-0.1, -0.05) is 18.5 Å². The lowest BCUT2D eigenvalue weighted by molar-refractivity contribution is 0.0979. The van der Waals surface area contributed by atoms with Crippen LogP contribution in [0.5, 0.6) is 0 Å². The van der Waals surface area contributed by atoms with E-state index in [9.17, 15) is 13.6 Å². The molecule has 0 radical (unpaired) electrons. The maximum Gasteiger partial charge on any atom is 0.297 e. The Kier molecular flexibility index (Phi) is 4.08. The lowest BCUT2D eigenvalue weighted by atomic mass is 10.1. The standard InChI is InChI=1S/C9H9ClF2N2O/c1-2-3-6(15)5-4-13-9(8(11)12)14-7(5)10/h4,8H,2-3H2,1H3. The number of aromatic nitrogens is 2. The van der Waals surface area contributed by atoms with Crippen LogP contribution in [0, 0.1) is 0 Å². The summed E-state index contributed by atoms with van der Waals surface area (Å²) in [6.07, 6.45) is -0.768. The van der Waals surface area contributed by atoms with Gasteiger partial charge in [-0.05, 0) is 6.42 Å². The van der Waals surface area contributed by atoms with E-state index in [4.69, 9.17) is 11.6 Å². The van der Waals surface area contributed by atoms with Crippen LogP contribution in [0.4, 0.5) is 8.78 Å². The van der Waals surface area contributed by atoms with E-state index in [1.54, 1.807) is 0 Å². The molecule has 0 aliphatic carbocycles. The van der Waals surface area contributed by atoms with Gasteiger partial charge in [-0.2, -0.15) is 0 Å². The molecule has 0 atom stereocenters. The molecule has 1 rings (SSSR count). The summed E-state index contributed by atoms with van der Waals surface area (Å²) in [4.78, 5) is 18.1. The van der Waals surface area contributed by atoms with E-state index in [1.807, 2.05) is 6.92 Å². The number of carbonyl (C=O) groups excluding carboxylic acids is 1. The Bertz CT molecular complexity index is 371. The molecule has 15 heavy (non-hydrogen) atoms. The molecule has 82 valence electrons. The summed E-state index contributed by atoms with van der Waals surface area (Å²) in [7, 11) is 0. The van der Waals surface area contributed by atoms with Gasteiger partial charge >= 0.3 is 0 Å². The van der Waals surface area contributed by atoms with Crippen molar-refractivity contribution in [3.05, 3.63) is 22.7 Å². The fourth-order valence-electron chi connectivity index (χ4n) is 1.03. The van der Waals surface area contributed by atoms with Gasteiger partial charge in [-0.15, -0.1) is 0 Å². The van der Waals surface area contributed by atoms with Crippen molar-refractivity contribution in [2.24, 2.45) is 0 Å². The second-order valence-electron chi connectivity index (χ2n) is 2.91. The molecule has 0 bridgehead atoms. The van der Waals surface area contributed by atoms with E-state index in [-0.39, 0.29) is 16.5 Å². The number of alkyl halides is 2. The van der Waals surface area contributed by atoms with Gasteiger partial charge in [0.25, 0.3) is 6.43 Å². The summed E-state index contributed by atoms with van der Waals surface area (Å²) in [5.41, 5.74) is 0.0999. The molecule has 6 heteroatoms. The van der Waals surface area contributed by atoms with Crippen molar-refractivity contribution < 1.29 is 13.6 Å². The molecule has 3 nitrogen and oxygen atoms in total. The second-order valence-corrected chi connectivity index (χ2v) is 3.26. The number of hydrogen-bond donors (Lipinski definition) is 0. The summed E-state index contributed by atoms with van der Waals surface area (Å²) in [6, 6.07) is 0. The van der Waals surface area contributed by atoms with Gasteiger partial charge in [0.2, 0.25) is 0 Å². The Balaban J connectivity index is 2.98. The maximum atomic E-state index is 12.2. The van der Waals surface area contributed by atoms with E-state index in [2.05, 4.69) is 9.97 Å². The molecule has 0 unspecified atom stereocenters. The number of rotatable bonds is 4. The highest BCUT2D eigenvalue weighted by Crippen LogP contribution is 2.19. The molecule has 0 spiro atoms. The Morgan fingerprint density at radius 1 is 1.60 bits per heavy atom. The zero-order chi connectivity index (χ0) is 11.4. The minimum Gasteiger partial charge on any atom is -0.294 e. The van der Waals surface area contributed by atoms with Crippen molar-refractivity contribution in [3.8, 4) is 0 Å². The molecule has 0 aliphatic heterocycles. The highest BCUT2D eigenvalue weighted by molar-refractivity contribution is 6.32. The zero-order valence-electron chi connectivity index (χ0n) is 8.01. The zero-order valence-corrected chi connectivity index (χ0v) is 8.76. The smallest absolute Gasteiger partial charge is 0.294 e. The van der Waals surface area contributed by atoms with Crippen molar-refractivity contribution >= 4 is 17.4 Å². The van der Waals surface area contributed by atoms with E-state index in [1.165, 1.54) is 0 Å². The number of carbonyl (C=O) groups is 1. The number of ketones is 1. The van der Waals surface area contributed by atoms with E-state index >= 15 is 0 Å². The topological polar surface area (TPSA) is 42.9 Å². The van der Waals surface area contributed by atoms with Crippen molar-refractivity contribution in [2.75, 3.05) is 0 Å². The maximum absolute atomic E-state index is 12.2. The molecule has 0 aliphatic rings. The molecule has 0 amide bonds. The first-order valence-corrected chi connectivity index (χ1v) is 4.77.